The molecule has 3 rings (SSSR count). The fourth-order valence-corrected chi connectivity index (χ4v) is 1.88. The molecule has 0 spiro atoms. The molecule has 0 aliphatic heterocycles. The predicted molar refractivity (Wildman–Crippen MR) is 78.0 cm³/mol. The van der Waals surface area contributed by atoms with Crippen LogP contribution >= 0.6 is 0 Å². The van der Waals surface area contributed by atoms with Gasteiger partial charge < -0.3 is 4.42 Å². The van der Waals surface area contributed by atoms with Crippen molar-refractivity contribution in [3.8, 4) is 0 Å². The average molecular weight is 262 g/mol. The van der Waals surface area contributed by atoms with Crippen LogP contribution in [-0.2, 0) is 0 Å². The van der Waals surface area contributed by atoms with Crippen molar-refractivity contribution >= 4 is 28.6 Å². The van der Waals surface area contributed by atoms with Crippen LogP contribution in [0.5, 0.6) is 0 Å². The number of nitrogens with zero attached hydrogens (tertiary/aromatic N) is 2. The van der Waals surface area contributed by atoms with E-state index >= 15 is 0 Å². The molecule has 0 bridgehead atoms. The number of aliphatic imine (C=N–C) groups is 1. The van der Waals surface area contributed by atoms with E-state index in [0.717, 1.165) is 5.39 Å². The van der Waals surface area contributed by atoms with E-state index in [1.165, 1.54) is 6.21 Å². The third kappa shape index (κ3) is 2.31. The van der Waals surface area contributed by atoms with Crippen LogP contribution in [0.2, 0.25) is 0 Å². The fraction of sp³-hybridized carbons (Fsp3) is 0. The second-order valence-corrected chi connectivity index (χ2v) is 4.27. The maximum Gasteiger partial charge on any atom is 0.362 e. The molecule has 1 heterocycles. The molecule has 0 aliphatic carbocycles. The van der Waals surface area contributed by atoms with Gasteiger partial charge in [-0.1, -0.05) is 36.4 Å². The van der Waals surface area contributed by atoms with Crippen LogP contribution in [-0.4, -0.2) is 6.21 Å². The molecular formula is C16H10N2O2. The summed E-state index contributed by atoms with van der Waals surface area (Å²) in [5.74, 6) is 0. The SMILES string of the molecule is [N]c1ccccc1C=Nc1cc2ccccc2oc1=O. The fourth-order valence-electron chi connectivity index (χ4n) is 1.88. The summed E-state index contributed by atoms with van der Waals surface area (Å²) in [7, 11) is 0. The lowest BCUT2D eigenvalue weighted by molar-refractivity contribution is 0.563. The molecule has 2 radical (unpaired) electrons. The van der Waals surface area contributed by atoms with Gasteiger partial charge in [-0.25, -0.2) is 9.79 Å². The lowest BCUT2D eigenvalue weighted by Gasteiger charge is -1.98. The lowest BCUT2D eigenvalue weighted by Crippen LogP contribution is -1.98. The normalized spacial score (nSPS) is 11.2. The van der Waals surface area contributed by atoms with Crippen molar-refractivity contribution in [1.29, 1.82) is 0 Å². The van der Waals surface area contributed by atoms with E-state index in [1.54, 1.807) is 42.5 Å². The Kier molecular flexibility index (Phi) is 3.05. The van der Waals surface area contributed by atoms with Crippen LogP contribution in [0.1, 0.15) is 5.56 Å². The molecule has 0 N–H and O–H groups in total. The van der Waals surface area contributed by atoms with Crippen molar-refractivity contribution < 1.29 is 4.42 Å². The summed E-state index contributed by atoms with van der Waals surface area (Å²) >= 11 is 0. The van der Waals surface area contributed by atoms with Crippen LogP contribution in [0.4, 0.5) is 11.4 Å². The Labute approximate surface area is 115 Å². The zero-order valence-corrected chi connectivity index (χ0v) is 10.5. The molecule has 3 aromatic rings. The summed E-state index contributed by atoms with van der Waals surface area (Å²) in [4.78, 5) is 15.9. The van der Waals surface area contributed by atoms with Gasteiger partial charge in [-0.15, -0.1) is 5.73 Å². The summed E-state index contributed by atoms with van der Waals surface area (Å²) in [5.41, 5.74) is 10.5. The van der Waals surface area contributed by atoms with E-state index in [2.05, 4.69) is 4.99 Å². The minimum atomic E-state index is -0.504. The van der Waals surface area contributed by atoms with Crippen molar-refractivity contribution in [1.82, 2.24) is 5.73 Å². The van der Waals surface area contributed by atoms with Gasteiger partial charge in [0.2, 0.25) is 0 Å². The molecule has 0 saturated heterocycles. The maximum absolute atomic E-state index is 11.8. The molecular weight excluding hydrogens is 252 g/mol. The van der Waals surface area contributed by atoms with E-state index in [4.69, 9.17) is 4.42 Å². The molecule has 4 heteroatoms. The number of fused-ring (bicyclic) bond motifs is 1. The van der Waals surface area contributed by atoms with Crippen molar-refractivity contribution in [3.05, 3.63) is 70.6 Å². The molecule has 96 valence electrons. The van der Waals surface area contributed by atoms with Crippen LogP contribution in [0.3, 0.4) is 0 Å². The van der Waals surface area contributed by atoms with E-state index < -0.39 is 5.63 Å². The Morgan fingerprint density at radius 2 is 1.80 bits per heavy atom. The Bertz CT molecular complexity index is 850. The van der Waals surface area contributed by atoms with Crippen molar-refractivity contribution in [2.45, 2.75) is 0 Å². The number of benzene rings is 2. The first-order chi connectivity index (χ1) is 9.74. The van der Waals surface area contributed by atoms with Gasteiger partial charge in [0.15, 0.2) is 0 Å². The van der Waals surface area contributed by atoms with Crippen LogP contribution in [0.15, 0.2) is 68.8 Å². The minimum absolute atomic E-state index is 0.112. The summed E-state index contributed by atoms with van der Waals surface area (Å²) in [6, 6.07) is 15.7. The highest BCUT2D eigenvalue weighted by Gasteiger charge is 2.03. The molecule has 0 unspecified atom stereocenters. The minimum Gasteiger partial charge on any atom is -0.421 e. The van der Waals surface area contributed by atoms with Gasteiger partial charge in [0.05, 0.1) is 5.69 Å². The molecule has 1 aromatic heterocycles. The van der Waals surface area contributed by atoms with Gasteiger partial charge in [-0.3, -0.25) is 0 Å². The van der Waals surface area contributed by atoms with Crippen molar-refractivity contribution in [2.24, 2.45) is 4.99 Å². The lowest BCUT2D eigenvalue weighted by atomic mass is 10.2. The molecule has 0 saturated carbocycles. The Hall–Kier alpha value is -2.88. The highest BCUT2D eigenvalue weighted by atomic mass is 16.4. The van der Waals surface area contributed by atoms with Gasteiger partial charge in [0.25, 0.3) is 0 Å². The quantitative estimate of drug-likeness (QED) is 0.525. The topological polar surface area (TPSA) is 64.9 Å². The Morgan fingerprint density at radius 3 is 2.65 bits per heavy atom. The second kappa shape index (κ2) is 5.01. The van der Waals surface area contributed by atoms with Crippen LogP contribution in [0.25, 0.3) is 11.0 Å². The molecule has 0 atom stereocenters. The van der Waals surface area contributed by atoms with Gasteiger partial charge in [0.1, 0.15) is 11.3 Å². The van der Waals surface area contributed by atoms with Crippen LogP contribution in [0, 0.1) is 0 Å². The highest BCUT2D eigenvalue weighted by molar-refractivity contribution is 5.88. The van der Waals surface area contributed by atoms with Gasteiger partial charge in [-0.2, -0.15) is 0 Å². The monoisotopic (exact) mass is 262 g/mol. The summed E-state index contributed by atoms with van der Waals surface area (Å²) < 4.78 is 5.18. The van der Waals surface area contributed by atoms with E-state index in [0.29, 0.717) is 11.1 Å². The molecule has 2 aromatic carbocycles. The number of para-hydroxylation sites is 1. The second-order valence-electron chi connectivity index (χ2n) is 4.27. The number of rotatable bonds is 2. The third-order valence-electron chi connectivity index (χ3n) is 2.90. The van der Waals surface area contributed by atoms with E-state index in [1.807, 2.05) is 12.1 Å². The zero-order chi connectivity index (χ0) is 13.9. The highest BCUT2D eigenvalue weighted by Crippen LogP contribution is 2.17. The smallest absolute Gasteiger partial charge is 0.362 e. The number of hydrogen-bond acceptors (Lipinski definition) is 3. The van der Waals surface area contributed by atoms with E-state index in [-0.39, 0.29) is 11.4 Å². The summed E-state index contributed by atoms with van der Waals surface area (Å²) in [6.45, 7) is 0. The van der Waals surface area contributed by atoms with E-state index in [9.17, 15) is 10.5 Å². The first-order valence-electron chi connectivity index (χ1n) is 6.09. The maximum atomic E-state index is 11.8. The predicted octanol–water partition coefficient (Wildman–Crippen LogP) is 3.24. The Balaban J connectivity index is 2.05. The van der Waals surface area contributed by atoms with Crippen LogP contribution < -0.4 is 11.4 Å². The number of hydrogen-bond donors (Lipinski definition) is 0. The van der Waals surface area contributed by atoms with Crippen molar-refractivity contribution in [2.75, 3.05) is 0 Å². The Morgan fingerprint density at radius 1 is 1.05 bits per heavy atom. The molecule has 20 heavy (non-hydrogen) atoms. The molecule has 0 amide bonds. The van der Waals surface area contributed by atoms with Crippen molar-refractivity contribution in [3.63, 3.8) is 0 Å². The summed E-state index contributed by atoms with van der Waals surface area (Å²) in [5, 5.41) is 0.802. The van der Waals surface area contributed by atoms with Gasteiger partial charge >= 0.3 is 5.63 Å². The average Bonchev–Trinajstić information content (AvgIpc) is 2.46. The molecule has 0 fully saturated rings. The zero-order valence-electron chi connectivity index (χ0n) is 10.5. The standard InChI is InChI=1S/C16H10N2O2/c17-13-7-3-1-6-12(13)10-18-14-9-11-5-2-4-8-15(11)20-16(14)19/h1-10H. The van der Waals surface area contributed by atoms with Gasteiger partial charge in [0, 0.05) is 17.2 Å². The first kappa shape index (κ1) is 12.2. The molecule has 4 nitrogen and oxygen atoms in total. The first-order valence-corrected chi connectivity index (χ1v) is 6.09. The summed E-state index contributed by atoms with van der Waals surface area (Å²) in [6.07, 6.45) is 1.44. The third-order valence-corrected chi connectivity index (χ3v) is 2.90. The largest absolute Gasteiger partial charge is 0.421 e. The van der Waals surface area contributed by atoms with Gasteiger partial charge in [-0.05, 0) is 18.2 Å². The molecule has 0 aliphatic rings.